The summed E-state index contributed by atoms with van der Waals surface area (Å²) < 4.78 is 0. The van der Waals surface area contributed by atoms with Crippen LogP contribution >= 0.6 is 0 Å². The quantitative estimate of drug-likeness (QED) is 0.543. The summed E-state index contributed by atoms with van der Waals surface area (Å²) in [5.41, 5.74) is 2.84. The van der Waals surface area contributed by atoms with E-state index in [2.05, 4.69) is 23.0 Å². The highest BCUT2D eigenvalue weighted by Crippen LogP contribution is 2.18. The second-order valence-corrected chi connectivity index (χ2v) is 2.65. The molecule has 0 aromatic carbocycles. The van der Waals surface area contributed by atoms with Crippen molar-refractivity contribution < 1.29 is 0 Å². The van der Waals surface area contributed by atoms with Crippen LogP contribution in [0, 0.1) is 0 Å². The van der Waals surface area contributed by atoms with Crippen LogP contribution in [0.15, 0.2) is 12.3 Å². The van der Waals surface area contributed by atoms with Gasteiger partial charge in [-0.3, -0.25) is 4.90 Å². The molecule has 1 aliphatic heterocycles. The Hall–Kier alpha value is -0.760. The van der Waals surface area contributed by atoms with Crippen LogP contribution < -0.4 is 0 Å². The minimum absolute atomic E-state index is 1.09. The normalized spacial score (nSPS) is 18.3. The molecule has 2 rings (SSSR count). The fraction of sp³-hybridized carbons (Fsp3) is 0.429. The highest BCUT2D eigenvalue weighted by Gasteiger charge is 2.14. The van der Waals surface area contributed by atoms with Crippen molar-refractivity contribution in [1.82, 2.24) is 9.88 Å². The van der Waals surface area contributed by atoms with Crippen LogP contribution in [0.4, 0.5) is 0 Å². The lowest BCUT2D eigenvalue weighted by molar-refractivity contribution is 0.350. The fourth-order valence-electron chi connectivity index (χ4n) is 1.35. The molecule has 0 aliphatic carbocycles. The van der Waals surface area contributed by atoms with Crippen LogP contribution in [0.5, 0.6) is 0 Å². The van der Waals surface area contributed by atoms with Gasteiger partial charge in [-0.15, -0.1) is 0 Å². The summed E-state index contributed by atoms with van der Waals surface area (Å²) in [6.07, 6.45) is 2.01. The predicted octanol–water partition coefficient (Wildman–Crippen LogP) is 0.960. The van der Waals surface area contributed by atoms with E-state index in [0.29, 0.717) is 0 Å². The number of fused-ring (bicyclic) bond motifs is 1. The molecule has 0 saturated heterocycles. The van der Waals surface area contributed by atoms with Gasteiger partial charge in [-0.25, -0.2) is 0 Å². The first-order chi connectivity index (χ1) is 4.36. The molecule has 2 heterocycles. The van der Waals surface area contributed by atoms with Crippen molar-refractivity contribution in [1.29, 1.82) is 0 Å². The van der Waals surface area contributed by atoms with Crippen LogP contribution in [0.25, 0.3) is 0 Å². The second kappa shape index (κ2) is 1.61. The minimum atomic E-state index is 1.09. The van der Waals surface area contributed by atoms with E-state index in [9.17, 15) is 0 Å². The molecule has 1 aromatic rings. The Morgan fingerprint density at radius 3 is 3.22 bits per heavy atom. The Bertz CT molecular complexity index is 194. The van der Waals surface area contributed by atoms with Crippen molar-refractivity contribution in [2.45, 2.75) is 13.1 Å². The summed E-state index contributed by atoms with van der Waals surface area (Å²) in [4.78, 5) is 5.50. The van der Waals surface area contributed by atoms with Crippen molar-refractivity contribution in [3.8, 4) is 0 Å². The van der Waals surface area contributed by atoms with Gasteiger partial charge in [-0.2, -0.15) is 0 Å². The average Bonchev–Trinajstić information content (AvgIpc) is 2.22. The zero-order valence-corrected chi connectivity index (χ0v) is 5.52. The van der Waals surface area contributed by atoms with Gasteiger partial charge in [0.1, 0.15) is 0 Å². The molecule has 2 nitrogen and oxygen atoms in total. The standard InChI is InChI=1S/C7H10N2/c1-9-4-6-2-3-8-7(6)5-9/h2-3,8H,4-5H2,1H3. The Morgan fingerprint density at radius 2 is 2.44 bits per heavy atom. The molecular weight excluding hydrogens is 112 g/mol. The molecule has 0 atom stereocenters. The van der Waals surface area contributed by atoms with Gasteiger partial charge in [-0.05, 0) is 18.7 Å². The Labute approximate surface area is 54.5 Å². The minimum Gasteiger partial charge on any atom is -0.364 e. The van der Waals surface area contributed by atoms with Crippen LogP contribution in [-0.4, -0.2) is 16.9 Å². The smallest absolute Gasteiger partial charge is 0.0388 e. The second-order valence-electron chi connectivity index (χ2n) is 2.65. The molecule has 0 saturated carbocycles. The van der Waals surface area contributed by atoms with Crippen LogP contribution in [0.3, 0.4) is 0 Å². The molecule has 1 N–H and O–H groups in total. The number of nitrogens with zero attached hydrogens (tertiary/aromatic N) is 1. The lowest BCUT2D eigenvalue weighted by atomic mass is 10.3. The molecule has 0 amide bonds. The van der Waals surface area contributed by atoms with Crippen LogP contribution in [-0.2, 0) is 13.1 Å². The number of aromatic nitrogens is 1. The third kappa shape index (κ3) is 0.669. The molecule has 9 heavy (non-hydrogen) atoms. The van der Waals surface area contributed by atoms with E-state index in [-0.39, 0.29) is 0 Å². The first kappa shape index (κ1) is 5.06. The molecule has 1 aromatic heterocycles. The van der Waals surface area contributed by atoms with E-state index in [1.165, 1.54) is 11.3 Å². The largest absolute Gasteiger partial charge is 0.364 e. The van der Waals surface area contributed by atoms with Crippen LogP contribution in [0.1, 0.15) is 11.3 Å². The maximum absolute atomic E-state index is 3.21. The van der Waals surface area contributed by atoms with Gasteiger partial charge in [-0.1, -0.05) is 0 Å². The van der Waals surface area contributed by atoms with Gasteiger partial charge < -0.3 is 4.98 Å². The van der Waals surface area contributed by atoms with E-state index in [1.807, 2.05) is 6.20 Å². The van der Waals surface area contributed by atoms with Crippen molar-refractivity contribution in [2.75, 3.05) is 7.05 Å². The van der Waals surface area contributed by atoms with Gasteiger partial charge >= 0.3 is 0 Å². The summed E-state index contributed by atoms with van der Waals surface area (Å²) in [7, 11) is 2.13. The molecule has 0 bridgehead atoms. The first-order valence-corrected chi connectivity index (χ1v) is 3.20. The molecule has 0 radical (unpaired) electrons. The zero-order chi connectivity index (χ0) is 6.27. The van der Waals surface area contributed by atoms with Gasteiger partial charge in [0, 0.05) is 25.0 Å². The predicted molar refractivity (Wildman–Crippen MR) is 36.0 cm³/mol. The maximum Gasteiger partial charge on any atom is 0.0388 e. The van der Waals surface area contributed by atoms with E-state index >= 15 is 0 Å². The van der Waals surface area contributed by atoms with E-state index < -0.39 is 0 Å². The molecular formula is C7H10N2. The number of rotatable bonds is 0. The zero-order valence-electron chi connectivity index (χ0n) is 5.52. The summed E-state index contributed by atoms with van der Waals surface area (Å²) in [6.45, 7) is 2.20. The topological polar surface area (TPSA) is 19.0 Å². The highest BCUT2D eigenvalue weighted by atomic mass is 15.1. The lowest BCUT2D eigenvalue weighted by Gasteiger charge is -2.03. The van der Waals surface area contributed by atoms with Crippen LogP contribution in [0.2, 0.25) is 0 Å². The highest BCUT2D eigenvalue weighted by molar-refractivity contribution is 5.23. The number of H-pyrrole nitrogens is 1. The molecule has 0 spiro atoms. The van der Waals surface area contributed by atoms with Gasteiger partial charge in [0.25, 0.3) is 0 Å². The van der Waals surface area contributed by atoms with Gasteiger partial charge in [0.05, 0.1) is 0 Å². The third-order valence-corrected chi connectivity index (χ3v) is 1.80. The summed E-state index contributed by atoms with van der Waals surface area (Å²) in [5, 5.41) is 0. The summed E-state index contributed by atoms with van der Waals surface area (Å²) in [5.74, 6) is 0. The molecule has 0 unspecified atom stereocenters. The molecule has 2 heteroatoms. The molecule has 0 fully saturated rings. The third-order valence-electron chi connectivity index (χ3n) is 1.80. The SMILES string of the molecule is CN1Cc2cc[nH]c2C1. The summed E-state index contributed by atoms with van der Waals surface area (Å²) in [6, 6.07) is 2.15. The monoisotopic (exact) mass is 122 g/mol. The molecule has 48 valence electrons. The van der Waals surface area contributed by atoms with Gasteiger partial charge in [0.15, 0.2) is 0 Å². The number of nitrogens with one attached hydrogen (secondary N) is 1. The van der Waals surface area contributed by atoms with E-state index in [1.54, 1.807) is 0 Å². The fourth-order valence-corrected chi connectivity index (χ4v) is 1.35. The lowest BCUT2D eigenvalue weighted by Crippen LogP contribution is -2.08. The van der Waals surface area contributed by atoms with Gasteiger partial charge in [0.2, 0.25) is 0 Å². The molecule has 1 aliphatic rings. The van der Waals surface area contributed by atoms with Crippen molar-refractivity contribution in [2.24, 2.45) is 0 Å². The number of aromatic amines is 1. The first-order valence-electron chi connectivity index (χ1n) is 3.20. The Kier molecular flexibility index (Phi) is 0.904. The van der Waals surface area contributed by atoms with Crippen molar-refractivity contribution in [3.05, 3.63) is 23.5 Å². The average molecular weight is 122 g/mol. The number of hydrogen-bond acceptors (Lipinski definition) is 1. The summed E-state index contributed by atoms with van der Waals surface area (Å²) >= 11 is 0. The van der Waals surface area contributed by atoms with Crippen molar-refractivity contribution >= 4 is 0 Å². The Balaban J connectivity index is 2.39. The van der Waals surface area contributed by atoms with Crippen molar-refractivity contribution in [3.63, 3.8) is 0 Å². The van der Waals surface area contributed by atoms with E-state index in [4.69, 9.17) is 0 Å². The van der Waals surface area contributed by atoms with E-state index in [0.717, 1.165) is 13.1 Å². The number of hydrogen-bond donors (Lipinski definition) is 1. The maximum atomic E-state index is 3.21. The Morgan fingerprint density at radius 1 is 1.56 bits per heavy atom.